The largest absolute Gasteiger partial charge is 0.378 e. The van der Waals surface area contributed by atoms with Gasteiger partial charge in [-0.2, -0.15) is 5.10 Å². The maximum absolute atomic E-state index is 13.3. The summed E-state index contributed by atoms with van der Waals surface area (Å²) in [5, 5.41) is 7.61. The number of carbonyl (C=O) groups excluding carboxylic acids is 1. The van der Waals surface area contributed by atoms with Crippen molar-refractivity contribution in [1.82, 2.24) is 15.1 Å². The Kier molecular flexibility index (Phi) is 6.53. The molecule has 8 heteroatoms. The van der Waals surface area contributed by atoms with Gasteiger partial charge in [-0.3, -0.25) is 9.48 Å². The van der Waals surface area contributed by atoms with Crippen LogP contribution < -0.4 is 10.2 Å². The minimum absolute atomic E-state index is 0.0388. The summed E-state index contributed by atoms with van der Waals surface area (Å²) in [7, 11) is 0. The Morgan fingerprint density at radius 2 is 1.97 bits per heavy atom. The molecule has 1 aliphatic rings. The van der Waals surface area contributed by atoms with Crippen molar-refractivity contribution in [3.8, 4) is 11.1 Å². The number of morpholine rings is 1. The fourth-order valence-electron chi connectivity index (χ4n) is 3.62. The first kappa shape index (κ1) is 21.3. The average Bonchev–Trinajstić information content (AvgIpc) is 3.19. The molecule has 162 valence electrons. The predicted octanol–water partition coefficient (Wildman–Crippen LogP) is 3.80. The van der Waals surface area contributed by atoms with Crippen molar-refractivity contribution in [2.75, 3.05) is 31.2 Å². The number of hydrogen-bond acceptors (Lipinski definition) is 4. The molecule has 4 rings (SSSR count). The van der Waals surface area contributed by atoms with E-state index in [-0.39, 0.29) is 24.0 Å². The number of ether oxygens (including phenoxy) is 1. The lowest BCUT2D eigenvalue weighted by Gasteiger charge is -2.27. The molecule has 0 bridgehead atoms. The molecule has 2 heterocycles. The van der Waals surface area contributed by atoms with E-state index in [9.17, 15) is 9.18 Å². The summed E-state index contributed by atoms with van der Waals surface area (Å²) < 4.78 is 20.4. The van der Waals surface area contributed by atoms with E-state index in [0.29, 0.717) is 13.2 Å². The Morgan fingerprint density at radius 1 is 1.19 bits per heavy atom. The summed E-state index contributed by atoms with van der Waals surface area (Å²) in [6.07, 6.45) is 1.92. The quantitative estimate of drug-likeness (QED) is 0.630. The summed E-state index contributed by atoms with van der Waals surface area (Å²) in [4.78, 5) is 14.7. The van der Waals surface area contributed by atoms with Crippen LogP contribution >= 0.6 is 11.6 Å². The van der Waals surface area contributed by atoms with Gasteiger partial charge in [0.2, 0.25) is 5.91 Å². The molecule has 1 saturated heterocycles. The molecule has 0 radical (unpaired) electrons. The van der Waals surface area contributed by atoms with E-state index in [2.05, 4.69) is 29.3 Å². The Balaban J connectivity index is 1.51. The zero-order valence-electron chi connectivity index (χ0n) is 17.3. The summed E-state index contributed by atoms with van der Waals surface area (Å²) in [5.41, 5.74) is 3.97. The van der Waals surface area contributed by atoms with Crippen LogP contribution in [0.1, 0.15) is 11.1 Å². The number of amides is 1. The van der Waals surface area contributed by atoms with Gasteiger partial charge in [-0.1, -0.05) is 41.9 Å². The van der Waals surface area contributed by atoms with Gasteiger partial charge in [0, 0.05) is 31.4 Å². The second-order valence-electron chi connectivity index (χ2n) is 7.50. The van der Waals surface area contributed by atoms with Gasteiger partial charge in [-0.05, 0) is 35.7 Å². The first-order valence-corrected chi connectivity index (χ1v) is 10.6. The third-order valence-corrected chi connectivity index (χ3v) is 5.56. The molecule has 0 spiro atoms. The van der Waals surface area contributed by atoms with Crippen LogP contribution in [0.15, 0.2) is 48.7 Å². The first-order valence-electron chi connectivity index (χ1n) is 10.2. The number of aromatic nitrogens is 2. The topological polar surface area (TPSA) is 59.4 Å². The Bertz CT molecular complexity index is 1080. The SMILES string of the molecule is Cc1ccccc1-c1cn(CC(=O)NCc2ccc(F)c(Cl)c2)nc1N1CCOCC1. The Labute approximate surface area is 185 Å². The average molecular weight is 443 g/mol. The standard InChI is InChI=1S/C23H24ClFN4O2/c1-16-4-2-3-5-18(16)19-14-29(27-23(19)28-8-10-31-11-9-28)15-22(30)26-13-17-6-7-21(25)20(24)12-17/h2-7,12,14H,8-11,13,15H2,1H3,(H,26,30). The van der Waals surface area contributed by atoms with Crippen LogP contribution in [0.5, 0.6) is 0 Å². The third-order valence-electron chi connectivity index (χ3n) is 5.27. The number of aryl methyl sites for hydroxylation is 1. The number of nitrogens with one attached hydrogen (secondary N) is 1. The molecule has 1 aromatic heterocycles. The van der Waals surface area contributed by atoms with E-state index in [1.807, 2.05) is 18.3 Å². The number of nitrogens with zero attached hydrogens (tertiary/aromatic N) is 3. The Hall–Kier alpha value is -2.90. The molecular formula is C23H24ClFN4O2. The van der Waals surface area contributed by atoms with Crippen molar-refractivity contribution >= 4 is 23.3 Å². The van der Waals surface area contributed by atoms with Crippen LogP contribution in [-0.4, -0.2) is 42.0 Å². The second kappa shape index (κ2) is 9.49. The normalized spacial score (nSPS) is 14.0. The first-order chi connectivity index (χ1) is 15.0. The fourth-order valence-corrected chi connectivity index (χ4v) is 3.82. The molecule has 6 nitrogen and oxygen atoms in total. The molecule has 1 amide bonds. The highest BCUT2D eigenvalue weighted by Gasteiger charge is 2.21. The van der Waals surface area contributed by atoms with Crippen molar-refractivity contribution in [2.45, 2.75) is 20.0 Å². The molecule has 1 aliphatic heterocycles. The van der Waals surface area contributed by atoms with Gasteiger partial charge in [-0.25, -0.2) is 4.39 Å². The van der Waals surface area contributed by atoms with Gasteiger partial charge in [-0.15, -0.1) is 0 Å². The van der Waals surface area contributed by atoms with Crippen molar-refractivity contribution in [2.24, 2.45) is 0 Å². The number of halogens is 2. The molecule has 1 fully saturated rings. The molecular weight excluding hydrogens is 419 g/mol. The molecule has 0 saturated carbocycles. The zero-order chi connectivity index (χ0) is 21.8. The number of hydrogen-bond donors (Lipinski definition) is 1. The van der Waals surface area contributed by atoms with Crippen LogP contribution in [-0.2, 0) is 22.6 Å². The maximum atomic E-state index is 13.3. The van der Waals surface area contributed by atoms with E-state index < -0.39 is 5.82 Å². The summed E-state index contributed by atoms with van der Waals surface area (Å²) in [6.45, 7) is 5.23. The van der Waals surface area contributed by atoms with Gasteiger partial charge in [0.05, 0.1) is 18.2 Å². The monoisotopic (exact) mass is 442 g/mol. The third kappa shape index (κ3) is 5.06. The van der Waals surface area contributed by atoms with Crippen LogP contribution in [0.3, 0.4) is 0 Å². The summed E-state index contributed by atoms with van der Waals surface area (Å²) >= 11 is 5.81. The highest BCUT2D eigenvalue weighted by molar-refractivity contribution is 6.30. The highest BCUT2D eigenvalue weighted by Crippen LogP contribution is 2.32. The fraction of sp³-hybridized carbons (Fsp3) is 0.304. The van der Waals surface area contributed by atoms with E-state index in [1.54, 1.807) is 10.7 Å². The molecule has 0 atom stereocenters. The van der Waals surface area contributed by atoms with Crippen molar-refractivity contribution in [3.05, 3.63) is 70.6 Å². The van der Waals surface area contributed by atoms with Gasteiger partial charge < -0.3 is 15.0 Å². The Morgan fingerprint density at radius 3 is 2.71 bits per heavy atom. The number of anilines is 1. The number of carbonyl (C=O) groups is 1. The lowest BCUT2D eigenvalue weighted by molar-refractivity contribution is -0.122. The van der Waals surface area contributed by atoms with Gasteiger partial charge in [0.25, 0.3) is 0 Å². The lowest BCUT2D eigenvalue weighted by Crippen LogP contribution is -2.37. The molecule has 31 heavy (non-hydrogen) atoms. The zero-order valence-corrected chi connectivity index (χ0v) is 18.0. The summed E-state index contributed by atoms with van der Waals surface area (Å²) in [6, 6.07) is 12.5. The minimum Gasteiger partial charge on any atom is -0.378 e. The maximum Gasteiger partial charge on any atom is 0.241 e. The minimum atomic E-state index is -0.479. The van der Waals surface area contributed by atoms with E-state index in [0.717, 1.165) is 41.2 Å². The van der Waals surface area contributed by atoms with Gasteiger partial charge in [0.1, 0.15) is 12.4 Å². The van der Waals surface area contributed by atoms with Crippen molar-refractivity contribution < 1.29 is 13.9 Å². The van der Waals surface area contributed by atoms with Crippen LogP contribution in [0.4, 0.5) is 10.2 Å². The number of benzene rings is 2. The van der Waals surface area contributed by atoms with E-state index in [1.165, 1.54) is 12.1 Å². The van der Waals surface area contributed by atoms with Crippen molar-refractivity contribution in [3.63, 3.8) is 0 Å². The molecule has 2 aromatic carbocycles. The molecule has 1 N–H and O–H groups in total. The number of rotatable bonds is 6. The van der Waals surface area contributed by atoms with Crippen LogP contribution in [0.2, 0.25) is 5.02 Å². The summed E-state index contributed by atoms with van der Waals surface area (Å²) in [5.74, 6) is 0.191. The molecule has 3 aromatic rings. The molecule has 0 unspecified atom stereocenters. The molecule has 0 aliphatic carbocycles. The smallest absolute Gasteiger partial charge is 0.241 e. The van der Waals surface area contributed by atoms with E-state index >= 15 is 0 Å². The predicted molar refractivity (Wildman–Crippen MR) is 119 cm³/mol. The lowest BCUT2D eigenvalue weighted by atomic mass is 10.0. The van der Waals surface area contributed by atoms with Gasteiger partial charge >= 0.3 is 0 Å². The second-order valence-corrected chi connectivity index (χ2v) is 7.91. The van der Waals surface area contributed by atoms with Crippen LogP contribution in [0.25, 0.3) is 11.1 Å². The van der Waals surface area contributed by atoms with Crippen LogP contribution in [0, 0.1) is 12.7 Å². The van der Waals surface area contributed by atoms with E-state index in [4.69, 9.17) is 21.4 Å². The van der Waals surface area contributed by atoms with Crippen molar-refractivity contribution in [1.29, 1.82) is 0 Å². The highest BCUT2D eigenvalue weighted by atomic mass is 35.5. The van der Waals surface area contributed by atoms with Gasteiger partial charge in [0.15, 0.2) is 5.82 Å².